The number of aliphatic hydroxyl groups is 3. The molecule has 0 spiro atoms. The number of hydrogen-bond acceptors (Lipinski definition) is 8. The maximum Gasteiger partial charge on any atom is 0.0764 e. The standard InChI is InChI=1S/C13H18N2O.C6H12N2O.C3H7NO/c14-10-12-5-4-6-13(9-12)11-15-7-2-1-3-8-16;7-6-8-4-2-1-3-5-9;4-2-1-3-5/h2-9,15-16H,1,10-11,14H2;2-5,8-9H,1,6-7H2;1,3,5H,2,4H2. The van der Waals surface area contributed by atoms with Crippen LogP contribution in [0.2, 0.25) is 0 Å². The Morgan fingerprint density at radius 3 is 1.77 bits per heavy atom. The molecule has 1 rings (SSSR count). The molecule has 0 aliphatic heterocycles. The zero-order valence-corrected chi connectivity index (χ0v) is 17.4. The van der Waals surface area contributed by atoms with Gasteiger partial charge >= 0.3 is 0 Å². The average molecular weight is 420 g/mol. The molecule has 0 bridgehead atoms. The van der Waals surface area contributed by atoms with E-state index in [-0.39, 0.29) is 0 Å². The van der Waals surface area contributed by atoms with Crippen molar-refractivity contribution in [2.45, 2.75) is 25.9 Å². The summed E-state index contributed by atoms with van der Waals surface area (Å²) in [6.07, 6.45) is 16.7. The van der Waals surface area contributed by atoms with E-state index in [1.54, 1.807) is 18.4 Å². The third-order valence-corrected chi connectivity index (χ3v) is 3.12. The summed E-state index contributed by atoms with van der Waals surface area (Å²) < 4.78 is 0. The highest BCUT2D eigenvalue weighted by Gasteiger charge is 1.92. The zero-order chi connectivity index (χ0) is 22.7. The van der Waals surface area contributed by atoms with Crippen LogP contribution in [-0.2, 0) is 13.1 Å². The number of nitrogens with one attached hydrogen (secondary N) is 2. The maximum atomic E-state index is 8.41. The van der Waals surface area contributed by atoms with E-state index >= 15 is 0 Å². The van der Waals surface area contributed by atoms with Crippen molar-refractivity contribution in [2.75, 3.05) is 13.2 Å². The van der Waals surface area contributed by atoms with E-state index in [4.69, 9.17) is 32.5 Å². The second-order valence-corrected chi connectivity index (χ2v) is 5.48. The van der Waals surface area contributed by atoms with Gasteiger partial charge in [0.15, 0.2) is 0 Å². The minimum absolute atomic E-state index is 0.413. The minimum Gasteiger partial charge on any atom is -0.516 e. The number of nitrogens with two attached hydrogens (primary N) is 3. The summed E-state index contributed by atoms with van der Waals surface area (Å²) >= 11 is 0. The molecule has 11 N–H and O–H groups in total. The minimum atomic E-state index is 0.413. The summed E-state index contributed by atoms with van der Waals surface area (Å²) in [5, 5.41) is 30.3. The van der Waals surface area contributed by atoms with Crippen LogP contribution in [0, 0.1) is 0 Å². The topological polar surface area (TPSA) is 163 Å². The molecule has 8 nitrogen and oxygen atoms in total. The van der Waals surface area contributed by atoms with Crippen LogP contribution in [0.5, 0.6) is 0 Å². The molecule has 1 aromatic carbocycles. The molecule has 0 aromatic heterocycles. The first-order chi connectivity index (χ1) is 14.7. The molecule has 0 saturated carbocycles. The Bertz CT molecular complexity index is 629. The first-order valence-electron chi connectivity index (χ1n) is 9.52. The lowest BCUT2D eigenvalue weighted by Crippen LogP contribution is -2.15. The van der Waals surface area contributed by atoms with Crippen molar-refractivity contribution in [3.05, 3.63) is 97.0 Å². The highest BCUT2D eigenvalue weighted by molar-refractivity contribution is 5.23. The Morgan fingerprint density at radius 1 is 0.733 bits per heavy atom. The number of benzene rings is 1. The van der Waals surface area contributed by atoms with Crippen LogP contribution in [-0.4, -0.2) is 28.5 Å². The van der Waals surface area contributed by atoms with Gasteiger partial charge in [-0.1, -0.05) is 36.4 Å². The van der Waals surface area contributed by atoms with Crippen LogP contribution in [0.15, 0.2) is 85.8 Å². The Morgan fingerprint density at radius 2 is 1.30 bits per heavy atom. The average Bonchev–Trinajstić information content (AvgIpc) is 2.78. The van der Waals surface area contributed by atoms with E-state index in [1.165, 1.54) is 11.6 Å². The second kappa shape index (κ2) is 25.8. The van der Waals surface area contributed by atoms with Gasteiger partial charge in [-0.25, -0.2) is 0 Å². The Hall–Kier alpha value is -3.20. The predicted molar refractivity (Wildman–Crippen MR) is 125 cm³/mol. The lowest BCUT2D eigenvalue weighted by Gasteiger charge is -2.03. The Labute approximate surface area is 179 Å². The van der Waals surface area contributed by atoms with Gasteiger partial charge in [-0.05, 0) is 54.6 Å². The van der Waals surface area contributed by atoms with Crippen molar-refractivity contribution < 1.29 is 15.3 Å². The molecule has 0 radical (unpaired) electrons. The molecular formula is C22H37N5O3. The summed E-state index contributed by atoms with van der Waals surface area (Å²) in [6, 6.07) is 8.19. The van der Waals surface area contributed by atoms with Crippen molar-refractivity contribution in [3.63, 3.8) is 0 Å². The first kappa shape index (κ1) is 29.0. The van der Waals surface area contributed by atoms with Crippen LogP contribution >= 0.6 is 0 Å². The molecule has 1 aromatic rings. The fourth-order valence-corrected chi connectivity index (χ4v) is 1.75. The van der Waals surface area contributed by atoms with E-state index in [2.05, 4.69) is 22.8 Å². The van der Waals surface area contributed by atoms with E-state index in [1.807, 2.05) is 30.5 Å². The van der Waals surface area contributed by atoms with Gasteiger partial charge in [-0.15, -0.1) is 0 Å². The molecule has 0 unspecified atom stereocenters. The van der Waals surface area contributed by atoms with Gasteiger partial charge in [0.1, 0.15) is 0 Å². The van der Waals surface area contributed by atoms with Crippen LogP contribution in [0.3, 0.4) is 0 Å². The van der Waals surface area contributed by atoms with Gasteiger partial charge in [0.2, 0.25) is 0 Å². The SMILES string of the molecule is NCC=CO.NCNC=CCC=CO.NCc1cccc(CNC=CCC=CO)c1. The van der Waals surface area contributed by atoms with Crippen LogP contribution in [0.25, 0.3) is 0 Å². The predicted octanol–water partition coefficient (Wildman–Crippen LogP) is 2.69. The van der Waals surface area contributed by atoms with Gasteiger partial charge in [0.25, 0.3) is 0 Å². The van der Waals surface area contributed by atoms with Crippen molar-refractivity contribution in [1.82, 2.24) is 10.6 Å². The number of aliphatic hydroxyl groups excluding tert-OH is 3. The second-order valence-electron chi connectivity index (χ2n) is 5.48. The molecule has 0 heterocycles. The molecule has 0 saturated heterocycles. The molecule has 0 atom stereocenters. The third kappa shape index (κ3) is 22.8. The third-order valence-electron chi connectivity index (χ3n) is 3.12. The van der Waals surface area contributed by atoms with E-state index < -0.39 is 0 Å². The molecule has 8 heteroatoms. The highest BCUT2D eigenvalue weighted by atomic mass is 16.2. The van der Waals surface area contributed by atoms with Crippen molar-refractivity contribution in [1.29, 1.82) is 0 Å². The first-order valence-corrected chi connectivity index (χ1v) is 9.52. The molecule has 168 valence electrons. The normalized spacial score (nSPS) is 11.0. The fraction of sp³-hybridized carbons (Fsp3) is 0.273. The smallest absolute Gasteiger partial charge is 0.0764 e. The molecule has 0 aliphatic carbocycles. The van der Waals surface area contributed by atoms with Gasteiger partial charge in [0.05, 0.1) is 25.5 Å². The fourth-order valence-electron chi connectivity index (χ4n) is 1.75. The lowest BCUT2D eigenvalue weighted by atomic mass is 10.1. The van der Waals surface area contributed by atoms with E-state index in [0.29, 0.717) is 19.8 Å². The van der Waals surface area contributed by atoms with Gasteiger partial charge in [-0.2, -0.15) is 0 Å². The summed E-state index contributed by atoms with van der Waals surface area (Å²) in [7, 11) is 0. The Balaban J connectivity index is 0. The van der Waals surface area contributed by atoms with Crippen LogP contribution in [0.1, 0.15) is 24.0 Å². The summed E-state index contributed by atoms with van der Waals surface area (Å²) in [5.41, 5.74) is 17.9. The summed E-state index contributed by atoms with van der Waals surface area (Å²) in [5.74, 6) is 0. The quantitative estimate of drug-likeness (QED) is 0.200. The molecule has 0 aliphatic rings. The lowest BCUT2D eigenvalue weighted by molar-refractivity contribution is 0.471. The van der Waals surface area contributed by atoms with Crippen molar-refractivity contribution in [2.24, 2.45) is 17.2 Å². The van der Waals surface area contributed by atoms with Crippen LogP contribution in [0.4, 0.5) is 0 Å². The highest BCUT2D eigenvalue weighted by Crippen LogP contribution is 2.04. The molecule has 30 heavy (non-hydrogen) atoms. The number of hydrogen-bond donors (Lipinski definition) is 8. The van der Waals surface area contributed by atoms with Gasteiger partial charge in [-0.3, -0.25) is 0 Å². The molecular weight excluding hydrogens is 382 g/mol. The number of allylic oxidation sites excluding steroid dienone is 4. The van der Waals surface area contributed by atoms with E-state index in [0.717, 1.165) is 43.7 Å². The Kier molecular flexibility index (Phi) is 24.9. The summed E-state index contributed by atoms with van der Waals surface area (Å²) in [4.78, 5) is 0. The molecule has 0 fully saturated rings. The van der Waals surface area contributed by atoms with Crippen LogP contribution < -0.4 is 27.8 Å². The van der Waals surface area contributed by atoms with Crippen molar-refractivity contribution in [3.8, 4) is 0 Å². The maximum absolute atomic E-state index is 8.41. The van der Waals surface area contributed by atoms with Gasteiger partial charge in [0, 0.05) is 19.6 Å². The summed E-state index contributed by atoms with van der Waals surface area (Å²) in [6.45, 7) is 2.22. The monoisotopic (exact) mass is 419 g/mol. The van der Waals surface area contributed by atoms with Gasteiger partial charge < -0.3 is 43.2 Å². The van der Waals surface area contributed by atoms with Crippen molar-refractivity contribution >= 4 is 0 Å². The molecule has 0 amide bonds. The van der Waals surface area contributed by atoms with E-state index in [9.17, 15) is 0 Å². The zero-order valence-electron chi connectivity index (χ0n) is 17.4. The largest absolute Gasteiger partial charge is 0.516 e. The number of rotatable bonds is 11.